The van der Waals surface area contributed by atoms with Crippen molar-refractivity contribution >= 4 is 5.91 Å². The summed E-state index contributed by atoms with van der Waals surface area (Å²) in [6.07, 6.45) is 3.89. The molecule has 2 aliphatic rings. The first kappa shape index (κ1) is 14.4. The van der Waals surface area contributed by atoms with E-state index in [-0.39, 0.29) is 6.04 Å². The summed E-state index contributed by atoms with van der Waals surface area (Å²) in [6, 6.07) is 3.70. The van der Waals surface area contributed by atoms with Crippen molar-refractivity contribution in [1.29, 1.82) is 0 Å². The van der Waals surface area contributed by atoms with Gasteiger partial charge in [0.15, 0.2) is 0 Å². The third kappa shape index (κ3) is 2.79. The highest BCUT2D eigenvalue weighted by Gasteiger charge is 2.37. The van der Waals surface area contributed by atoms with Crippen LogP contribution < -0.4 is 5.32 Å². The van der Waals surface area contributed by atoms with Gasteiger partial charge < -0.3 is 10.2 Å². The smallest absolute Gasteiger partial charge is 0.260 e. The summed E-state index contributed by atoms with van der Waals surface area (Å²) >= 11 is 0. The predicted octanol–water partition coefficient (Wildman–Crippen LogP) is 2.57. The number of hydrogen-bond acceptors (Lipinski definition) is 2. The Bertz CT molecular complexity index is 509. The third-order valence-corrected chi connectivity index (χ3v) is 4.66. The molecule has 1 unspecified atom stereocenters. The highest BCUT2D eigenvalue weighted by molar-refractivity contribution is 5.95. The van der Waals surface area contributed by atoms with Crippen molar-refractivity contribution in [1.82, 2.24) is 10.2 Å². The molecular formula is C16H20F2N2O. The summed E-state index contributed by atoms with van der Waals surface area (Å²) < 4.78 is 27.7. The Morgan fingerprint density at radius 3 is 2.48 bits per heavy atom. The van der Waals surface area contributed by atoms with E-state index < -0.39 is 23.1 Å². The molecule has 1 atom stereocenters. The number of nitrogens with one attached hydrogen (secondary N) is 1. The van der Waals surface area contributed by atoms with Crippen LogP contribution in [0.1, 0.15) is 36.0 Å². The molecular weight excluding hydrogens is 274 g/mol. The minimum Gasteiger partial charge on any atom is -0.335 e. The number of hydrogen-bond donors (Lipinski definition) is 1. The number of rotatable bonds is 2. The Morgan fingerprint density at radius 2 is 1.81 bits per heavy atom. The number of halogens is 2. The van der Waals surface area contributed by atoms with Gasteiger partial charge in [0.25, 0.3) is 5.91 Å². The largest absolute Gasteiger partial charge is 0.335 e. The van der Waals surface area contributed by atoms with Crippen molar-refractivity contribution in [2.24, 2.45) is 5.92 Å². The quantitative estimate of drug-likeness (QED) is 0.909. The summed E-state index contributed by atoms with van der Waals surface area (Å²) in [5.41, 5.74) is -0.404. The molecule has 2 heterocycles. The molecule has 1 amide bonds. The highest BCUT2D eigenvalue weighted by atomic mass is 19.1. The Kier molecular flexibility index (Phi) is 4.19. The number of likely N-dealkylation sites (tertiary alicyclic amines) is 1. The van der Waals surface area contributed by atoms with Gasteiger partial charge in [0, 0.05) is 12.6 Å². The van der Waals surface area contributed by atoms with E-state index >= 15 is 0 Å². The van der Waals surface area contributed by atoms with E-state index in [0.717, 1.165) is 50.9 Å². The molecule has 3 rings (SSSR count). The maximum atomic E-state index is 13.8. The number of amides is 1. The molecule has 0 aliphatic carbocycles. The van der Waals surface area contributed by atoms with Gasteiger partial charge >= 0.3 is 0 Å². The maximum Gasteiger partial charge on any atom is 0.260 e. The standard InChI is InChI=1S/C16H20F2N2O/c17-12-3-1-4-13(18)15(12)16(21)20-10-2-5-14(20)11-6-8-19-9-7-11/h1,3-4,11,14,19H,2,5-10H2. The lowest BCUT2D eigenvalue weighted by atomic mass is 9.88. The Balaban J connectivity index is 1.83. The van der Waals surface area contributed by atoms with Crippen LogP contribution in [0.5, 0.6) is 0 Å². The molecule has 0 radical (unpaired) electrons. The van der Waals surface area contributed by atoms with Crippen LogP contribution in [0.4, 0.5) is 8.78 Å². The van der Waals surface area contributed by atoms with E-state index in [9.17, 15) is 13.6 Å². The number of carbonyl (C=O) groups excluding carboxylic acids is 1. The zero-order valence-electron chi connectivity index (χ0n) is 11.9. The molecule has 0 bridgehead atoms. The number of nitrogens with zero attached hydrogens (tertiary/aromatic N) is 1. The first-order valence-electron chi connectivity index (χ1n) is 7.64. The van der Waals surface area contributed by atoms with E-state index in [1.54, 1.807) is 4.90 Å². The Labute approximate surface area is 123 Å². The topological polar surface area (TPSA) is 32.3 Å². The van der Waals surface area contributed by atoms with E-state index in [1.165, 1.54) is 6.07 Å². The summed E-state index contributed by atoms with van der Waals surface area (Å²) in [7, 11) is 0. The van der Waals surface area contributed by atoms with Crippen molar-refractivity contribution < 1.29 is 13.6 Å². The number of piperidine rings is 1. The molecule has 1 aromatic carbocycles. The van der Waals surface area contributed by atoms with Gasteiger partial charge in [-0.2, -0.15) is 0 Å². The van der Waals surface area contributed by atoms with Crippen LogP contribution in [0, 0.1) is 17.6 Å². The summed E-state index contributed by atoms with van der Waals surface area (Å²) in [5, 5.41) is 3.31. The van der Waals surface area contributed by atoms with Crippen LogP contribution >= 0.6 is 0 Å². The second-order valence-corrected chi connectivity index (χ2v) is 5.89. The fraction of sp³-hybridized carbons (Fsp3) is 0.562. The SMILES string of the molecule is O=C(c1c(F)cccc1F)N1CCCC1C1CCNCC1. The van der Waals surface area contributed by atoms with E-state index in [2.05, 4.69) is 5.32 Å². The summed E-state index contributed by atoms with van der Waals surface area (Å²) in [4.78, 5) is 14.3. The van der Waals surface area contributed by atoms with Gasteiger partial charge in [-0.25, -0.2) is 8.78 Å². The molecule has 2 fully saturated rings. The monoisotopic (exact) mass is 294 g/mol. The molecule has 0 aromatic heterocycles. The lowest BCUT2D eigenvalue weighted by Crippen LogP contribution is -2.44. The first-order valence-corrected chi connectivity index (χ1v) is 7.64. The second kappa shape index (κ2) is 6.10. The van der Waals surface area contributed by atoms with Crippen LogP contribution in [0.15, 0.2) is 18.2 Å². The average molecular weight is 294 g/mol. The van der Waals surface area contributed by atoms with Gasteiger partial charge in [0.05, 0.1) is 0 Å². The summed E-state index contributed by atoms with van der Waals surface area (Å²) in [5.74, 6) is -1.59. The van der Waals surface area contributed by atoms with Crippen molar-refractivity contribution in [2.45, 2.75) is 31.7 Å². The van der Waals surface area contributed by atoms with Crippen molar-refractivity contribution in [3.8, 4) is 0 Å². The minimum atomic E-state index is -0.768. The molecule has 3 nitrogen and oxygen atoms in total. The fourth-order valence-corrected chi connectivity index (χ4v) is 3.61. The molecule has 1 aromatic rings. The third-order valence-electron chi connectivity index (χ3n) is 4.66. The predicted molar refractivity (Wildman–Crippen MR) is 76.0 cm³/mol. The number of carbonyl (C=O) groups is 1. The normalized spacial score (nSPS) is 23.5. The van der Waals surface area contributed by atoms with E-state index in [1.807, 2.05) is 0 Å². The Morgan fingerprint density at radius 1 is 1.14 bits per heavy atom. The Hall–Kier alpha value is -1.49. The molecule has 0 spiro atoms. The molecule has 2 saturated heterocycles. The van der Waals surface area contributed by atoms with Gasteiger partial charge in [-0.15, -0.1) is 0 Å². The van der Waals surface area contributed by atoms with Crippen molar-refractivity contribution in [3.63, 3.8) is 0 Å². The van der Waals surface area contributed by atoms with Gasteiger partial charge in [-0.1, -0.05) is 6.07 Å². The van der Waals surface area contributed by atoms with Crippen LogP contribution in [0.2, 0.25) is 0 Å². The lowest BCUT2D eigenvalue weighted by Gasteiger charge is -2.34. The van der Waals surface area contributed by atoms with Gasteiger partial charge in [0.1, 0.15) is 17.2 Å². The van der Waals surface area contributed by atoms with Crippen molar-refractivity contribution in [3.05, 3.63) is 35.4 Å². The van der Waals surface area contributed by atoms with Crippen LogP contribution in [0.25, 0.3) is 0 Å². The first-order chi connectivity index (χ1) is 10.2. The zero-order chi connectivity index (χ0) is 14.8. The molecule has 2 aliphatic heterocycles. The average Bonchev–Trinajstić information content (AvgIpc) is 2.97. The second-order valence-electron chi connectivity index (χ2n) is 5.89. The minimum absolute atomic E-state index is 0.124. The van der Waals surface area contributed by atoms with Crippen molar-refractivity contribution in [2.75, 3.05) is 19.6 Å². The molecule has 0 saturated carbocycles. The molecule has 114 valence electrons. The van der Waals surface area contributed by atoms with Gasteiger partial charge in [0.2, 0.25) is 0 Å². The zero-order valence-corrected chi connectivity index (χ0v) is 11.9. The molecule has 21 heavy (non-hydrogen) atoms. The molecule has 1 N–H and O–H groups in total. The fourth-order valence-electron chi connectivity index (χ4n) is 3.61. The van der Waals surface area contributed by atoms with E-state index in [4.69, 9.17) is 0 Å². The van der Waals surface area contributed by atoms with E-state index in [0.29, 0.717) is 12.5 Å². The van der Waals surface area contributed by atoms with Crippen LogP contribution in [-0.2, 0) is 0 Å². The van der Waals surface area contributed by atoms with Gasteiger partial charge in [-0.3, -0.25) is 4.79 Å². The highest BCUT2D eigenvalue weighted by Crippen LogP contribution is 2.31. The van der Waals surface area contributed by atoms with Crippen LogP contribution in [-0.4, -0.2) is 36.5 Å². The van der Waals surface area contributed by atoms with Crippen LogP contribution in [0.3, 0.4) is 0 Å². The van der Waals surface area contributed by atoms with Gasteiger partial charge in [-0.05, 0) is 56.8 Å². The number of benzene rings is 1. The molecule has 5 heteroatoms. The summed E-state index contributed by atoms with van der Waals surface area (Å²) in [6.45, 7) is 2.51. The maximum absolute atomic E-state index is 13.8. The lowest BCUT2D eigenvalue weighted by molar-refractivity contribution is 0.0656.